The van der Waals surface area contributed by atoms with Crippen molar-refractivity contribution in [2.45, 2.75) is 4.90 Å². The molecule has 2 amide bonds. The van der Waals surface area contributed by atoms with Crippen LogP contribution in [0.1, 0.15) is 20.7 Å². The van der Waals surface area contributed by atoms with Crippen molar-refractivity contribution in [2.75, 3.05) is 4.90 Å². The molecule has 0 bridgehead atoms. The minimum Gasteiger partial charge on any atom is -0.268 e. The molecule has 6 nitrogen and oxygen atoms in total. The van der Waals surface area contributed by atoms with Gasteiger partial charge in [0.2, 0.25) is 10.0 Å². The molecule has 0 saturated heterocycles. The van der Waals surface area contributed by atoms with E-state index in [4.69, 9.17) is 5.14 Å². The number of imide groups is 1. The topological polar surface area (TPSA) is 97.5 Å². The fourth-order valence-electron chi connectivity index (χ4n) is 2.37. The van der Waals surface area contributed by atoms with E-state index >= 15 is 0 Å². The molecule has 2 aromatic carbocycles. The van der Waals surface area contributed by atoms with Crippen LogP contribution in [-0.4, -0.2) is 20.2 Å². The molecule has 1 heterocycles. The first-order valence-electron chi connectivity index (χ1n) is 6.43. The van der Waals surface area contributed by atoms with Gasteiger partial charge < -0.3 is 0 Å². The van der Waals surface area contributed by atoms with Crippen LogP contribution < -0.4 is 10.0 Å². The van der Waals surface area contributed by atoms with Crippen LogP contribution in [0.15, 0.2) is 47.1 Å². The van der Waals surface area contributed by atoms with Crippen LogP contribution in [0.5, 0.6) is 0 Å². The van der Waals surface area contributed by atoms with E-state index in [0.29, 0.717) is 17.9 Å². The Hall–Kier alpha value is -0.590. The first kappa shape index (κ1) is 19.2. The molecular formula is C14H6Br4N2O4S. The molecule has 0 spiro atoms. The van der Waals surface area contributed by atoms with Gasteiger partial charge in [-0.1, -0.05) is 0 Å². The van der Waals surface area contributed by atoms with Crippen LogP contribution in [0, 0.1) is 0 Å². The molecule has 1 aliphatic rings. The number of halogens is 4. The van der Waals surface area contributed by atoms with E-state index in [9.17, 15) is 18.0 Å². The summed E-state index contributed by atoms with van der Waals surface area (Å²) in [6, 6.07) is 5.19. The van der Waals surface area contributed by atoms with Crippen molar-refractivity contribution in [2.24, 2.45) is 5.14 Å². The largest absolute Gasteiger partial charge is 0.268 e. The van der Waals surface area contributed by atoms with E-state index in [1.165, 1.54) is 24.3 Å². The van der Waals surface area contributed by atoms with Crippen molar-refractivity contribution < 1.29 is 18.0 Å². The summed E-state index contributed by atoms with van der Waals surface area (Å²) in [5, 5.41) is 5.06. The molecule has 3 rings (SSSR count). The highest BCUT2D eigenvalue weighted by Crippen LogP contribution is 2.46. The summed E-state index contributed by atoms with van der Waals surface area (Å²) >= 11 is 13.4. The fraction of sp³-hybridized carbons (Fsp3) is 0. The molecule has 0 saturated carbocycles. The van der Waals surface area contributed by atoms with Gasteiger partial charge in [0.1, 0.15) is 0 Å². The Labute approximate surface area is 176 Å². The summed E-state index contributed by atoms with van der Waals surface area (Å²) in [5.74, 6) is -1.05. The maximum absolute atomic E-state index is 12.8. The first-order chi connectivity index (χ1) is 11.6. The van der Waals surface area contributed by atoms with Crippen LogP contribution in [0.4, 0.5) is 5.69 Å². The van der Waals surface area contributed by atoms with Crippen molar-refractivity contribution in [1.82, 2.24) is 0 Å². The molecule has 0 unspecified atom stereocenters. The smallest absolute Gasteiger partial charge is 0.267 e. The van der Waals surface area contributed by atoms with Crippen molar-refractivity contribution in [3.8, 4) is 0 Å². The Morgan fingerprint density at radius 2 is 1.16 bits per heavy atom. The number of primary sulfonamides is 1. The monoisotopic (exact) mass is 614 g/mol. The highest BCUT2D eigenvalue weighted by molar-refractivity contribution is 9.15. The highest BCUT2D eigenvalue weighted by atomic mass is 79.9. The van der Waals surface area contributed by atoms with Gasteiger partial charge >= 0.3 is 0 Å². The number of hydrogen-bond donors (Lipinski definition) is 1. The molecular weight excluding hydrogens is 612 g/mol. The van der Waals surface area contributed by atoms with Crippen LogP contribution in [-0.2, 0) is 10.0 Å². The third kappa shape index (κ3) is 3.04. The van der Waals surface area contributed by atoms with E-state index in [0.717, 1.165) is 4.90 Å². The SMILES string of the molecule is NS(=O)(=O)c1ccc(N2C(=O)c3c(Br)c(Br)c(Br)c(Br)c3C2=O)cc1. The average Bonchev–Trinajstić information content (AvgIpc) is 2.81. The van der Waals surface area contributed by atoms with E-state index in [-0.39, 0.29) is 21.7 Å². The number of hydrogen-bond acceptors (Lipinski definition) is 4. The molecule has 25 heavy (non-hydrogen) atoms. The maximum atomic E-state index is 12.8. The van der Waals surface area contributed by atoms with E-state index in [1.54, 1.807) is 0 Å². The number of carbonyl (C=O) groups is 2. The number of rotatable bonds is 2. The second-order valence-electron chi connectivity index (χ2n) is 4.99. The number of carbonyl (C=O) groups excluding carboxylic acids is 2. The van der Waals surface area contributed by atoms with Gasteiger partial charge in [-0.3, -0.25) is 9.59 Å². The molecule has 0 atom stereocenters. The van der Waals surface area contributed by atoms with Gasteiger partial charge in [-0.05, 0) is 88.0 Å². The summed E-state index contributed by atoms with van der Waals surface area (Å²) in [5.41, 5.74) is 0.662. The summed E-state index contributed by atoms with van der Waals surface area (Å²) in [6.07, 6.45) is 0. The van der Waals surface area contributed by atoms with Crippen LogP contribution >= 0.6 is 63.7 Å². The van der Waals surface area contributed by atoms with Gasteiger partial charge in [0.15, 0.2) is 0 Å². The molecule has 2 N–H and O–H groups in total. The lowest BCUT2D eigenvalue weighted by Gasteiger charge is -2.14. The number of nitrogens with two attached hydrogens (primary N) is 1. The average molecular weight is 618 g/mol. The molecule has 130 valence electrons. The molecule has 11 heteroatoms. The van der Waals surface area contributed by atoms with Crippen LogP contribution in [0.25, 0.3) is 0 Å². The second kappa shape index (κ2) is 6.54. The van der Waals surface area contributed by atoms with Crippen LogP contribution in [0.2, 0.25) is 0 Å². The van der Waals surface area contributed by atoms with Crippen molar-refractivity contribution in [3.05, 3.63) is 53.3 Å². The Morgan fingerprint density at radius 3 is 1.52 bits per heavy atom. The number of benzene rings is 2. The van der Waals surface area contributed by atoms with E-state index in [2.05, 4.69) is 63.7 Å². The predicted octanol–water partition coefficient (Wildman–Crippen LogP) is 4.18. The zero-order valence-corrected chi connectivity index (χ0v) is 19.0. The quantitative estimate of drug-likeness (QED) is 0.311. The molecule has 0 fully saturated rings. The summed E-state index contributed by atoms with van der Waals surface area (Å²) in [7, 11) is -3.86. The third-order valence-electron chi connectivity index (χ3n) is 3.52. The normalized spacial score (nSPS) is 14.2. The molecule has 0 aliphatic carbocycles. The Kier molecular flexibility index (Phi) is 5.01. The Morgan fingerprint density at radius 1 is 0.760 bits per heavy atom. The summed E-state index contributed by atoms with van der Waals surface area (Å²) in [6.45, 7) is 0. The molecule has 0 aromatic heterocycles. The van der Waals surface area contributed by atoms with E-state index < -0.39 is 21.8 Å². The fourth-order valence-corrected chi connectivity index (χ4v) is 5.34. The number of nitrogens with zero attached hydrogens (tertiary/aromatic N) is 1. The Balaban J connectivity index is 2.16. The Bertz CT molecular complexity index is 1000. The lowest BCUT2D eigenvalue weighted by atomic mass is 10.1. The number of sulfonamides is 1. The second-order valence-corrected chi connectivity index (χ2v) is 9.72. The molecule has 1 aliphatic heterocycles. The summed E-state index contributed by atoms with van der Waals surface area (Å²) in [4.78, 5) is 26.5. The van der Waals surface area contributed by atoms with Crippen molar-refractivity contribution >= 4 is 91.2 Å². The van der Waals surface area contributed by atoms with Crippen molar-refractivity contribution in [3.63, 3.8) is 0 Å². The van der Waals surface area contributed by atoms with Gasteiger partial charge in [0, 0.05) is 17.9 Å². The van der Waals surface area contributed by atoms with Gasteiger partial charge in [-0.15, -0.1) is 0 Å². The number of amides is 2. The zero-order valence-electron chi connectivity index (χ0n) is 11.9. The lowest BCUT2D eigenvalue weighted by molar-refractivity contribution is 0.0925. The summed E-state index contributed by atoms with van der Waals surface area (Å²) < 4.78 is 24.8. The van der Waals surface area contributed by atoms with Crippen LogP contribution in [0.3, 0.4) is 0 Å². The van der Waals surface area contributed by atoms with Crippen molar-refractivity contribution in [1.29, 1.82) is 0 Å². The van der Waals surface area contributed by atoms with Gasteiger partial charge in [0.25, 0.3) is 11.8 Å². The lowest BCUT2D eigenvalue weighted by Crippen LogP contribution is -2.29. The van der Waals surface area contributed by atoms with Gasteiger partial charge in [-0.25, -0.2) is 18.5 Å². The zero-order chi connectivity index (χ0) is 18.7. The molecule has 2 aromatic rings. The van der Waals surface area contributed by atoms with E-state index in [1.807, 2.05) is 0 Å². The molecule has 0 radical (unpaired) electrons. The van der Waals surface area contributed by atoms with Gasteiger partial charge in [0.05, 0.1) is 21.7 Å². The number of anilines is 1. The van der Waals surface area contributed by atoms with Gasteiger partial charge in [-0.2, -0.15) is 0 Å². The first-order valence-corrected chi connectivity index (χ1v) is 11.1. The maximum Gasteiger partial charge on any atom is 0.267 e. The standard InChI is InChI=1S/C14H6Br4N2O4S/c15-9-7-8(10(16)12(18)11(9)17)14(22)20(13(7)21)5-1-3-6(4-2-5)25(19,23)24/h1-4H,(H2,19,23,24). The third-order valence-corrected chi connectivity index (χ3v) is 9.22. The highest BCUT2D eigenvalue weighted by Gasteiger charge is 2.41. The predicted molar refractivity (Wildman–Crippen MR) is 106 cm³/mol. The minimum absolute atomic E-state index is 0.110. The minimum atomic E-state index is -3.86. The number of fused-ring (bicyclic) bond motifs is 1.